The van der Waals surface area contributed by atoms with E-state index in [1.54, 1.807) is 0 Å². The van der Waals surface area contributed by atoms with Crippen LogP contribution < -0.4 is 5.32 Å². The SMILES string of the molecule is CC/C=C\C/C=C\C/C=C\C/C=C\C/C=C\CCCC(=O)OC(CCCCCCCCCC)CC(=O)NC(CO)C(O)CCCCCCCCCCCCCCCCCCC. The predicted octanol–water partition coefficient (Wildman–Crippen LogP) is 15.6. The van der Waals surface area contributed by atoms with E-state index < -0.39 is 18.2 Å². The molecule has 0 saturated carbocycles. The smallest absolute Gasteiger partial charge is 0.306 e. The van der Waals surface area contributed by atoms with Gasteiger partial charge in [0.05, 0.1) is 25.2 Å². The first-order chi connectivity index (χ1) is 30.0. The lowest BCUT2D eigenvalue weighted by atomic mass is 10.0. The Bertz CT molecular complexity index is 1090. The Balaban J connectivity index is 4.46. The summed E-state index contributed by atoms with van der Waals surface area (Å²) in [4.78, 5) is 26.0. The van der Waals surface area contributed by atoms with Gasteiger partial charge in [-0.3, -0.25) is 9.59 Å². The number of hydrogen-bond acceptors (Lipinski definition) is 5. The number of nitrogens with one attached hydrogen (secondary N) is 1. The first kappa shape index (κ1) is 58.6. The second-order valence-corrected chi connectivity index (χ2v) is 17.5. The molecule has 0 aromatic carbocycles. The fraction of sp³-hybridized carbons (Fsp3) is 0.782. The van der Waals surface area contributed by atoms with E-state index in [1.807, 2.05) is 0 Å². The number of carbonyl (C=O) groups is 2. The molecule has 3 atom stereocenters. The van der Waals surface area contributed by atoms with Crippen LogP contribution in [0.5, 0.6) is 0 Å². The van der Waals surface area contributed by atoms with Gasteiger partial charge in [-0.25, -0.2) is 0 Å². The first-order valence-electron chi connectivity index (χ1n) is 26.0. The summed E-state index contributed by atoms with van der Waals surface area (Å²) in [6.07, 6.45) is 60.1. The fourth-order valence-corrected chi connectivity index (χ4v) is 7.70. The van der Waals surface area contributed by atoms with E-state index >= 15 is 0 Å². The maximum Gasteiger partial charge on any atom is 0.306 e. The largest absolute Gasteiger partial charge is 0.462 e. The molecule has 0 bridgehead atoms. The Morgan fingerprint density at radius 1 is 0.492 bits per heavy atom. The minimum Gasteiger partial charge on any atom is -0.462 e. The molecule has 0 heterocycles. The van der Waals surface area contributed by atoms with Crippen LogP contribution in [0, 0.1) is 0 Å². The van der Waals surface area contributed by atoms with Gasteiger partial charge in [0, 0.05) is 6.42 Å². The zero-order valence-electron chi connectivity index (χ0n) is 40.3. The summed E-state index contributed by atoms with van der Waals surface area (Å²) < 4.78 is 5.88. The molecule has 61 heavy (non-hydrogen) atoms. The minimum atomic E-state index is -0.796. The van der Waals surface area contributed by atoms with Gasteiger partial charge in [-0.15, -0.1) is 0 Å². The average molecular weight is 854 g/mol. The Labute approximate surface area is 378 Å². The third kappa shape index (κ3) is 44.0. The van der Waals surface area contributed by atoms with E-state index in [2.05, 4.69) is 86.8 Å². The molecule has 1 amide bonds. The zero-order chi connectivity index (χ0) is 44.5. The lowest BCUT2D eigenvalue weighted by Crippen LogP contribution is -2.46. The van der Waals surface area contributed by atoms with Crippen LogP contribution in [0.4, 0.5) is 0 Å². The topological polar surface area (TPSA) is 95.9 Å². The molecule has 0 rings (SSSR count). The van der Waals surface area contributed by atoms with Crippen LogP contribution in [-0.4, -0.2) is 46.9 Å². The van der Waals surface area contributed by atoms with Crippen LogP contribution in [0.25, 0.3) is 0 Å². The normalized spacial score (nSPS) is 13.7. The van der Waals surface area contributed by atoms with Crippen molar-refractivity contribution >= 4 is 11.9 Å². The highest BCUT2D eigenvalue weighted by atomic mass is 16.5. The van der Waals surface area contributed by atoms with Gasteiger partial charge in [-0.2, -0.15) is 0 Å². The molecule has 354 valence electrons. The van der Waals surface area contributed by atoms with Crippen molar-refractivity contribution in [2.24, 2.45) is 0 Å². The summed E-state index contributed by atoms with van der Waals surface area (Å²) in [7, 11) is 0. The lowest BCUT2D eigenvalue weighted by molar-refractivity contribution is -0.151. The molecule has 0 aromatic heterocycles. The number of aliphatic hydroxyl groups excluding tert-OH is 2. The molecule has 6 heteroatoms. The number of amides is 1. The second-order valence-electron chi connectivity index (χ2n) is 17.5. The van der Waals surface area contributed by atoms with Gasteiger partial charge < -0.3 is 20.3 Å². The van der Waals surface area contributed by atoms with Crippen molar-refractivity contribution in [1.82, 2.24) is 5.32 Å². The van der Waals surface area contributed by atoms with Gasteiger partial charge in [0.2, 0.25) is 5.91 Å². The Hall–Kier alpha value is -2.44. The number of aliphatic hydroxyl groups is 2. The number of carbonyl (C=O) groups excluding carboxylic acids is 2. The molecule has 0 aliphatic carbocycles. The first-order valence-corrected chi connectivity index (χ1v) is 26.0. The highest BCUT2D eigenvalue weighted by Crippen LogP contribution is 2.18. The van der Waals surface area contributed by atoms with Gasteiger partial charge in [0.15, 0.2) is 0 Å². The molecule has 3 unspecified atom stereocenters. The van der Waals surface area contributed by atoms with Gasteiger partial charge >= 0.3 is 5.97 Å². The van der Waals surface area contributed by atoms with E-state index in [1.165, 1.54) is 122 Å². The van der Waals surface area contributed by atoms with Gasteiger partial charge in [-0.1, -0.05) is 236 Å². The minimum absolute atomic E-state index is 0.0549. The van der Waals surface area contributed by atoms with E-state index in [0.717, 1.165) is 77.0 Å². The molecule has 0 aliphatic heterocycles. The number of hydrogen-bond donors (Lipinski definition) is 3. The van der Waals surface area contributed by atoms with E-state index in [4.69, 9.17) is 4.74 Å². The molecule has 6 nitrogen and oxygen atoms in total. The van der Waals surface area contributed by atoms with E-state index in [9.17, 15) is 19.8 Å². The molecule has 3 N–H and O–H groups in total. The second kappa shape index (κ2) is 48.6. The van der Waals surface area contributed by atoms with E-state index in [0.29, 0.717) is 25.7 Å². The van der Waals surface area contributed by atoms with Crippen LogP contribution >= 0.6 is 0 Å². The van der Waals surface area contributed by atoms with Crippen molar-refractivity contribution in [2.45, 2.75) is 270 Å². The molecular formula is C55H99NO5. The third-order valence-corrected chi connectivity index (χ3v) is 11.6. The lowest BCUT2D eigenvalue weighted by Gasteiger charge is -2.24. The Kier molecular flexibility index (Phi) is 46.6. The van der Waals surface area contributed by atoms with Crippen molar-refractivity contribution in [3.8, 4) is 0 Å². The zero-order valence-corrected chi connectivity index (χ0v) is 40.3. The molecule has 0 aliphatic rings. The number of ether oxygens (including phenoxy) is 1. The van der Waals surface area contributed by atoms with Crippen molar-refractivity contribution < 1.29 is 24.5 Å². The highest BCUT2D eigenvalue weighted by Gasteiger charge is 2.24. The Morgan fingerprint density at radius 2 is 0.869 bits per heavy atom. The average Bonchev–Trinajstić information content (AvgIpc) is 3.25. The molecule has 0 saturated heterocycles. The quantitative estimate of drug-likeness (QED) is 0.0322. The molecule has 0 radical (unpaired) electrons. The van der Waals surface area contributed by atoms with Crippen molar-refractivity contribution in [3.63, 3.8) is 0 Å². The molecule has 0 fully saturated rings. The van der Waals surface area contributed by atoms with Crippen molar-refractivity contribution in [2.75, 3.05) is 6.61 Å². The van der Waals surface area contributed by atoms with Crippen LogP contribution in [-0.2, 0) is 14.3 Å². The molecule has 0 spiro atoms. The highest BCUT2D eigenvalue weighted by molar-refractivity contribution is 5.77. The fourth-order valence-electron chi connectivity index (χ4n) is 7.70. The monoisotopic (exact) mass is 854 g/mol. The van der Waals surface area contributed by atoms with Gasteiger partial charge in [-0.05, 0) is 64.2 Å². The predicted molar refractivity (Wildman–Crippen MR) is 264 cm³/mol. The Morgan fingerprint density at radius 3 is 1.28 bits per heavy atom. The number of rotatable bonds is 46. The van der Waals surface area contributed by atoms with Crippen LogP contribution in [0.3, 0.4) is 0 Å². The van der Waals surface area contributed by atoms with Crippen molar-refractivity contribution in [1.29, 1.82) is 0 Å². The van der Waals surface area contributed by atoms with Gasteiger partial charge in [0.25, 0.3) is 0 Å². The summed E-state index contributed by atoms with van der Waals surface area (Å²) in [5.41, 5.74) is 0. The number of unbranched alkanes of at least 4 members (excludes halogenated alkanes) is 24. The standard InChI is InChI=1S/C55H99NO5/c1-4-7-10-13-16-19-21-23-25-27-29-31-33-35-38-41-44-47-53(58)52(50-57)56-54(59)49-51(46-43-40-37-18-15-12-9-6-3)61-55(60)48-45-42-39-36-34-32-30-28-26-24-22-20-17-14-11-8-5-2/h8,11,17,20,24,26,30,32,36,39,51-53,57-58H,4-7,9-10,12-16,18-19,21-23,25,27-29,31,33-35,37-38,40-50H2,1-3H3,(H,56,59)/b11-8-,20-17-,26-24-,32-30-,39-36-. The molecule has 0 aromatic rings. The van der Waals surface area contributed by atoms with Crippen molar-refractivity contribution in [3.05, 3.63) is 60.8 Å². The summed E-state index contributed by atoms with van der Waals surface area (Å²) in [6, 6.07) is -0.712. The third-order valence-electron chi connectivity index (χ3n) is 11.6. The van der Waals surface area contributed by atoms with Gasteiger partial charge in [0.1, 0.15) is 6.10 Å². The maximum absolute atomic E-state index is 13.2. The summed E-state index contributed by atoms with van der Waals surface area (Å²) in [6.45, 7) is 6.34. The number of allylic oxidation sites excluding steroid dienone is 10. The summed E-state index contributed by atoms with van der Waals surface area (Å²) in [5, 5.41) is 23.7. The van der Waals surface area contributed by atoms with Crippen LogP contribution in [0.1, 0.15) is 252 Å². The van der Waals surface area contributed by atoms with Crippen LogP contribution in [0.2, 0.25) is 0 Å². The van der Waals surface area contributed by atoms with E-state index in [-0.39, 0.29) is 24.9 Å². The maximum atomic E-state index is 13.2. The molecular weight excluding hydrogens is 755 g/mol. The number of esters is 1. The summed E-state index contributed by atoms with van der Waals surface area (Å²) >= 11 is 0. The van der Waals surface area contributed by atoms with Crippen LogP contribution in [0.15, 0.2) is 60.8 Å². The summed E-state index contributed by atoms with van der Waals surface area (Å²) in [5.74, 6) is -0.543.